The van der Waals surface area contributed by atoms with Gasteiger partial charge in [0.05, 0.1) is 22.3 Å². The Morgan fingerprint density at radius 3 is 2.85 bits per heavy atom. The van der Waals surface area contributed by atoms with E-state index in [1.54, 1.807) is 6.07 Å². The second-order valence-electron chi connectivity index (χ2n) is 4.80. The van der Waals surface area contributed by atoms with Gasteiger partial charge in [0.25, 0.3) is 0 Å². The second-order valence-corrected chi connectivity index (χ2v) is 5.18. The van der Waals surface area contributed by atoms with Crippen molar-refractivity contribution in [2.24, 2.45) is 0 Å². The summed E-state index contributed by atoms with van der Waals surface area (Å²) in [4.78, 5) is 22.3. The molecule has 20 heavy (non-hydrogen) atoms. The lowest BCUT2D eigenvalue weighted by atomic mass is 9.82. The number of carbonyl (C=O) groups excluding carboxylic acids is 1. The summed E-state index contributed by atoms with van der Waals surface area (Å²) < 4.78 is 0. The predicted molar refractivity (Wildman–Crippen MR) is 74.0 cm³/mol. The average Bonchev–Trinajstić information content (AvgIpc) is 2.40. The maximum absolute atomic E-state index is 11.6. The van der Waals surface area contributed by atoms with E-state index < -0.39 is 6.09 Å². The van der Waals surface area contributed by atoms with E-state index in [2.05, 4.69) is 5.32 Å². The Morgan fingerprint density at radius 2 is 2.25 bits per heavy atom. The van der Waals surface area contributed by atoms with Crippen LogP contribution in [0.3, 0.4) is 0 Å². The van der Waals surface area contributed by atoms with Gasteiger partial charge in [-0.05, 0) is 36.5 Å². The summed E-state index contributed by atoms with van der Waals surface area (Å²) in [6.45, 7) is 0. The van der Waals surface area contributed by atoms with Crippen molar-refractivity contribution in [2.45, 2.75) is 31.6 Å². The van der Waals surface area contributed by atoms with Crippen LogP contribution in [0.5, 0.6) is 0 Å². The number of hydrogen-bond donors (Lipinski definition) is 2. The third-order valence-corrected chi connectivity index (χ3v) is 3.82. The molecule has 104 valence electrons. The maximum atomic E-state index is 11.6. The minimum atomic E-state index is -1.24. The van der Waals surface area contributed by atoms with E-state index in [0.29, 0.717) is 24.0 Å². The number of ketones is 1. The van der Waals surface area contributed by atoms with Crippen molar-refractivity contribution >= 4 is 29.2 Å². The molecule has 1 saturated carbocycles. The number of nitrogens with zero attached hydrogens (tertiary/aromatic N) is 1. The minimum absolute atomic E-state index is 0.0496. The lowest BCUT2D eigenvalue weighted by molar-refractivity contribution is -0.120. The van der Waals surface area contributed by atoms with Crippen LogP contribution in [-0.4, -0.2) is 17.0 Å². The van der Waals surface area contributed by atoms with Gasteiger partial charge in [-0.1, -0.05) is 11.6 Å². The monoisotopic (exact) mass is 292 g/mol. The molecule has 0 aliphatic heterocycles. The molecule has 1 aromatic rings. The molecule has 1 aliphatic rings. The van der Waals surface area contributed by atoms with Crippen LogP contribution in [0.15, 0.2) is 12.1 Å². The third kappa shape index (κ3) is 3.09. The first-order valence-corrected chi connectivity index (χ1v) is 6.64. The molecule has 0 spiro atoms. The molecule has 1 aromatic carbocycles. The largest absolute Gasteiger partial charge is 0.465 e. The van der Waals surface area contributed by atoms with Crippen molar-refractivity contribution < 1.29 is 14.7 Å². The molecule has 0 bridgehead atoms. The first-order chi connectivity index (χ1) is 9.51. The standard InChI is InChI=1S/C14H13ClN2O3/c15-13-11(9-2-1-3-10(18)6-9)4-8(7-16)5-12(13)17-14(19)20/h4-5,9,17H,1-3,6H2,(H,19,20). The lowest BCUT2D eigenvalue weighted by Crippen LogP contribution is -2.15. The second kappa shape index (κ2) is 5.93. The van der Waals surface area contributed by atoms with E-state index in [0.717, 1.165) is 12.8 Å². The van der Waals surface area contributed by atoms with Gasteiger partial charge in [-0.15, -0.1) is 0 Å². The van der Waals surface area contributed by atoms with Gasteiger partial charge in [0.2, 0.25) is 0 Å². The van der Waals surface area contributed by atoms with E-state index in [-0.39, 0.29) is 22.4 Å². The first-order valence-electron chi connectivity index (χ1n) is 6.26. The molecule has 0 saturated heterocycles. The van der Waals surface area contributed by atoms with Crippen molar-refractivity contribution in [2.75, 3.05) is 5.32 Å². The quantitative estimate of drug-likeness (QED) is 0.872. The van der Waals surface area contributed by atoms with Gasteiger partial charge in [-0.3, -0.25) is 10.1 Å². The lowest BCUT2D eigenvalue weighted by Gasteiger charge is -2.23. The highest BCUT2D eigenvalue weighted by Gasteiger charge is 2.24. The van der Waals surface area contributed by atoms with E-state index in [1.807, 2.05) is 6.07 Å². The number of hydrogen-bond acceptors (Lipinski definition) is 3. The third-order valence-electron chi connectivity index (χ3n) is 3.39. The van der Waals surface area contributed by atoms with Crippen molar-refractivity contribution in [3.8, 4) is 6.07 Å². The molecular weight excluding hydrogens is 280 g/mol. The van der Waals surface area contributed by atoms with Crippen molar-refractivity contribution in [1.29, 1.82) is 5.26 Å². The molecule has 0 aromatic heterocycles. The Hall–Kier alpha value is -2.06. The molecule has 1 amide bonds. The number of benzene rings is 1. The summed E-state index contributed by atoms with van der Waals surface area (Å²) in [5.74, 6) is 0.124. The summed E-state index contributed by atoms with van der Waals surface area (Å²) in [7, 11) is 0. The van der Waals surface area contributed by atoms with Crippen LogP contribution in [0.2, 0.25) is 5.02 Å². The fourth-order valence-electron chi connectivity index (χ4n) is 2.50. The van der Waals surface area contributed by atoms with Crippen LogP contribution in [0.1, 0.15) is 42.7 Å². The Balaban J connectivity index is 2.43. The van der Waals surface area contributed by atoms with Crippen LogP contribution in [0.25, 0.3) is 0 Å². The van der Waals surface area contributed by atoms with Crippen molar-refractivity contribution in [3.63, 3.8) is 0 Å². The number of amides is 1. The molecule has 1 fully saturated rings. The van der Waals surface area contributed by atoms with Crippen molar-refractivity contribution in [3.05, 3.63) is 28.3 Å². The molecule has 2 N–H and O–H groups in total. The minimum Gasteiger partial charge on any atom is -0.465 e. The van der Waals surface area contributed by atoms with Crippen LogP contribution in [0.4, 0.5) is 10.5 Å². The zero-order valence-corrected chi connectivity index (χ0v) is 11.4. The molecular formula is C14H13ClN2O3. The van der Waals surface area contributed by atoms with Gasteiger partial charge >= 0.3 is 6.09 Å². The predicted octanol–water partition coefficient (Wildman–Crippen LogP) is 3.53. The summed E-state index contributed by atoms with van der Waals surface area (Å²) in [5, 5.41) is 20.3. The average molecular weight is 293 g/mol. The summed E-state index contributed by atoms with van der Waals surface area (Å²) >= 11 is 6.22. The summed E-state index contributed by atoms with van der Waals surface area (Å²) in [6.07, 6.45) is 1.33. The zero-order chi connectivity index (χ0) is 14.7. The molecule has 0 heterocycles. The van der Waals surface area contributed by atoms with E-state index in [1.165, 1.54) is 6.07 Å². The van der Waals surface area contributed by atoms with Crippen LogP contribution < -0.4 is 5.32 Å². The normalized spacial score (nSPS) is 18.4. The highest BCUT2D eigenvalue weighted by molar-refractivity contribution is 6.34. The first kappa shape index (κ1) is 14.4. The van der Waals surface area contributed by atoms with Gasteiger partial charge in [0.15, 0.2) is 0 Å². The van der Waals surface area contributed by atoms with E-state index in [9.17, 15) is 9.59 Å². The van der Waals surface area contributed by atoms with Gasteiger partial charge in [0, 0.05) is 12.8 Å². The Labute approximate surface area is 121 Å². The molecule has 5 nitrogen and oxygen atoms in total. The molecule has 1 unspecified atom stereocenters. The number of rotatable bonds is 2. The summed E-state index contributed by atoms with van der Waals surface area (Å²) in [5.41, 5.74) is 1.18. The topological polar surface area (TPSA) is 90.2 Å². The van der Waals surface area contributed by atoms with Gasteiger partial charge in [0.1, 0.15) is 5.78 Å². The number of halogens is 1. The number of carboxylic acid groups (broad SMARTS) is 1. The number of nitrogens with one attached hydrogen (secondary N) is 1. The molecule has 6 heteroatoms. The molecule has 0 radical (unpaired) electrons. The SMILES string of the molecule is N#Cc1cc(NC(=O)O)c(Cl)c(C2CCCC(=O)C2)c1. The molecule has 1 atom stereocenters. The number of carbonyl (C=O) groups is 2. The van der Waals surface area contributed by atoms with E-state index >= 15 is 0 Å². The van der Waals surface area contributed by atoms with E-state index in [4.69, 9.17) is 22.0 Å². The summed E-state index contributed by atoms with van der Waals surface area (Å²) in [6, 6.07) is 5.01. The number of nitriles is 1. The fourth-order valence-corrected chi connectivity index (χ4v) is 2.82. The fraction of sp³-hybridized carbons (Fsp3) is 0.357. The van der Waals surface area contributed by atoms with Crippen molar-refractivity contribution in [1.82, 2.24) is 0 Å². The highest BCUT2D eigenvalue weighted by atomic mass is 35.5. The molecule has 2 rings (SSSR count). The highest BCUT2D eigenvalue weighted by Crippen LogP contribution is 2.39. The Kier molecular flexibility index (Phi) is 4.26. The van der Waals surface area contributed by atoms with Crippen LogP contribution in [-0.2, 0) is 4.79 Å². The Morgan fingerprint density at radius 1 is 1.50 bits per heavy atom. The molecule has 1 aliphatic carbocycles. The van der Waals surface area contributed by atoms with Crippen LogP contribution >= 0.6 is 11.6 Å². The smallest absolute Gasteiger partial charge is 0.409 e. The van der Waals surface area contributed by atoms with Gasteiger partial charge < -0.3 is 5.11 Å². The number of anilines is 1. The number of Topliss-reactive ketones (excluding diaryl/α,β-unsaturated/α-hetero) is 1. The van der Waals surface area contributed by atoms with Crippen LogP contribution in [0, 0.1) is 11.3 Å². The Bertz CT molecular complexity index is 607. The zero-order valence-electron chi connectivity index (χ0n) is 10.6. The maximum Gasteiger partial charge on any atom is 0.409 e. The van der Waals surface area contributed by atoms with Gasteiger partial charge in [-0.25, -0.2) is 4.79 Å². The van der Waals surface area contributed by atoms with Gasteiger partial charge in [-0.2, -0.15) is 5.26 Å².